The van der Waals surface area contributed by atoms with E-state index in [0.717, 1.165) is 35.7 Å². The van der Waals surface area contributed by atoms with Crippen LogP contribution in [0.5, 0.6) is 0 Å². The van der Waals surface area contributed by atoms with E-state index in [1.54, 1.807) is 6.07 Å². The Morgan fingerprint density at radius 2 is 1.91 bits per heavy atom. The average Bonchev–Trinajstić information content (AvgIpc) is 3.07. The van der Waals surface area contributed by atoms with Crippen molar-refractivity contribution < 1.29 is 23.9 Å². The smallest absolute Gasteiger partial charge is 0.326 e. The molecular formula is C24H35N3O5. The van der Waals surface area contributed by atoms with Crippen LogP contribution >= 0.6 is 0 Å². The SMILES string of the molecule is CCCn1c(C)cc(C(=O)COC(=O)CN2C(=O)NC3(CC(C)CC(C)(C)C3)C2=O)c1C. The lowest BCUT2D eigenvalue weighted by molar-refractivity contribution is -0.147. The van der Waals surface area contributed by atoms with Crippen LogP contribution in [0.1, 0.15) is 75.1 Å². The van der Waals surface area contributed by atoms with Crippen LogP contribution in [-0.4, -0.2) is 51.8 Å². The molecule has 8 heteroatoms. The van der Waals surface area contributed by atoms with E-state index in [4.69, 9.17) is 4.74 Å². The molecule has 2 aliphatic rings. The van der Waals surface area contributed by atoms with E-state index in [-0.39, 0.29) is 23.0 Å². The Morgan fingerprint density at radius 1 is 1.22 bits per heavy atom. The van der Waals surface area contributed by atoms with Crippen molar-refractivity contribution in [2.24, 2.45) is 11.3 Å². The molecule has 2 unspecified atom stereocenters. The topological polar surface area (TPSA) is 97.7 Å². The molecule has 3 rings (SSSR count). The van der Waals surface area contributed by atoms with E-state index in [9.17, 15) is 19.2 Å². The van der Waals surface area contributed by atoms with Crippen LogP contribution < -0.4 is 5.32 Å². The minimum Gasteiger partial charge on any atom is -0.456 e. The molecule has 2 heterocycles. The molecule has 1 aromatic heterocycles. The van der Waals surface area contributed by atoms with Crippen molar-refractivity contribution in [3.63, 3.8) is 0 Å². The van der Waals surface area contributed by atoms with Crippen molar-refractivity contribution in [2.45, 2.75) is 79.3 Å². The lowest BCUT2D eigenvalue weighted by Gasteiger charge is -2.43. The number of carbonyl (C=O) groups excluding carboxylic acids is 4. The molecule has 3 amide bonds. The van der Waals surface area contributed by atoms with Crippen molar-refractivity contribution >= 4 is 23.7 Å². The number of hydrogen-bond acceptors (Lipinski definition) is 5. The molecule has 0 radical (unpaired) electrons. The number of carbonyl (C=O) groups is 4. The number of rotatable bonds is 7. The maximum Gasteiger partial charge on any atom is 0.326 e. The number of ether oxygens (including phenoxy) is 1. The third kappa shape index (κ3) is 4.59. The van der Waals surface area contributed by atoms with Gasteiger partial charge in [-0.2, -0.15) is 0 Å². The zero-order chi connectivity index (χ0) is 23.8. The Morgan fingerprint density at radius 3 is 2.53 bits per heavy atom. The number of nitrogens with one attached hydrogen (secondary N) is 1. The molecule has 176 valence electrons. The molecule has 32 heavy (non-hydrogen) atoms. The van der Waals surface area contributed by atoms with E-state index in [2.05, 4.69) is 37.6 Å². The second-order valence-electron chi connectivity index (χ2n) is 10.3. The first-order chi connectivity index (χ1) is 14.9. The number of amides is 3. The van der Waals surface area contributed by atoms with Crippen LogP contribution in [0.25, 0.3) is 0 Å². The molecule has 1 saturated heterocycles. The minimum absolute atomic E-state index is 0.0896. The molecular weight excluding hydrogens is 410 g/mol. The molecule has 0 aromatic carbocycles. The second kappa shape index (κ2) is 8.71. The summed E-state index contributed by atoms with van der Waals surface area (Å²) in [4.78, 5) is 51.6. The normalized spacial score (nSPS) is 24.7. The summed E-state index contributed by atoms with van der Waals surface area (Å²) < 4.78 is 7.21. The number of Topliss-reactive ketones (excluding diaryl/α,β-unsaturated/α-hetero) is 1. The van der Waals surface area contributed by atoms with Gasteiger partial charge in [-0.15, -0.1) is 0 Å². The van der Waals surface area contributed by atoms with E-state index < -0.39 is 30.7 Å². The summed E-state index contributed by atoms with van der Waals surface area (Å²) in [5.41, 5.74) is 1.29. The largest absolute Gasteiger partial charge is 0.456 e. The number of aryl methyl sites for hydroxylation is 1. The molecule has 1 saturated carbocycles. The Kier molecular flexibility index (Phi) is 6.54. The van der Waals surface area contributed by atoms with Gasteiger partial charge in [-0.3, -0.25) is 19.3 Å². The second-order valence-corrected chi connectivity index (χ2v) is 10.3. The van der Waals surface area contributed by atoms with Gasteiger partial charge in [0.15, 0.2) is 6.61 Å². The maximum absolute atomic E-state index is 13.1. The van der Waals surface area contributed by atoms with Crippen molar-refractivity contribution in [1.82, 2.24) is 14.8 Å². The van der Waals surface area contributed by atoms with Crippen molar-refractivity contribution in [3.05, 3.63) is 23.0 Å². The van der Waals surface area contributed by atoms with Gasteiger partial charge < -0.3 is 14.6 Å². The molecule has 0 bridgehead atoms. The monoisotopic (exact) mass is 445 g/mol. The number of ketones is 1. The fourth-order valence-electron chi connectivity index (χ4n) is 5.70. The van der Waals surface area contributed by atoms with E-state index in [1.165, 1.54) is 0 Å². The highest BCUT2D eigenvalue weighted by Crippen LogP contribution is 2.46. The summed E-state index contributed by atoms with van der Waals surface area (Å²) in [7, 11) is 0. The van der Waals surface area contributed by atoms with Gasteiger partial charge in [-0.1, -0.05) is 27.7 Å². The van der Waals surface area contributed by atoms with Gasteiger partial charge in [-0.25, -0.2) is 4.79 Å². The maximum atomic E-state index is 13.1. The third-order valence-corrected chi connectivity index (χ3v) is 6.60. The summed E-state index contributed by atoms with van der Waals surface area (Å²) >= 11 is 0. The first-order valence-electron chi connectivity index (χ1n) is 11.4. The number of imide groups is 1. The van der Waals surface area contributed by atoms with Crippen LogP contribution in [0.3, 0.4) is 0 Å². The number of aromatic nitrogens is 1. The van der Waals surface area contributed by atoms with Crippen molar-refractivity contribution in [2.75, 3.05) is 13.2 Å². The minimum atomic E-state index is -0.967. The van der Waals surface area contributed by atoms with E-state index in [0.29, 0.717) is 18.4 Å². The highest BCUT2D eigenvalue weighted by molar-refractivity contribution is 6.09. The highest BCUT2D eigenvalue weighted by Gasteiger charge is 2.56. The number of esters is 1. The standard InChI is InChI=1S/C24H35N3O5/c1-7-8-26-16(3)9-18(17(26)4)19(28)13-32-20(29)12-27-21(30)24(25-22(27)31)11-15(2)10-23(5,6)14-24/h9,15H,7-8,10-14H2,1-6H3,(H,25,31). The quantitative estimate of drug-likeness (QED) is 0.394. The highest BCUT2D eigenvalue weighted by atomic mass is 16.5. The Labute approximate surface area is 189 Å². The van der Waals surface area contributed by atoms with E-state index >= 15 is 0 Å². The van der Waals surface area contributed by atoms with Gasteiger partial charge in [-0.05, 0) is 56.9 Å². The summed E-state index contributed by atoms with van der Waals surface area (Å²) in [6.07, 6.45) is 3.01. The average molecular weight is 446 g/mol. The number of hydrogen-bond donors (Lipinski definition) is 1. The van der Waals surface area contributed by atoms with Gasteiger partial charge >= 0.3 is 12.0 Å². The van der Waals surface area contributed by atoms with Crippen molar-refractivity contribution in [3.8, 4) is 0 Å². The molecule has 1 aromatic rings. The van der Waals surface area contributed by atoms with Crippen LogP contribution in [0, 0.1) is 25.2 Å². The Balaban J connectivity index is 1.62. The van der Waals surface area contributed by atoms with Gasteiger partial charge in [0.05, 0.1) is 0 Å². The number of nitrogens with zero attached hydrogens (tertiary/aromatic N) is 2. The summed E-state index contributed by atoms with van der Waals surface area (Å²) in [5.74, 6) is -1.18. The Bertz CT molecular complexity index is 948. The van der Waals surface area contributed by atoms with Crippen LogP contribution in [0.2, 0.25) is 0 Å². The molecule has 8 nitrogen and oxygen atoms in total. The molecule has 2 atom stereocenters. The predicted octanol–water partition coefficient (Wildman–Crippen LogP) is 3.38. The van der Waals surface area contributed by atoms with Crippen LogP contribution in [-0.2, 0) is 20.9 Å². The van der Waals surface area contributed by atoms with Crippen LogP contribution in [0.15, 0.2) is 6.07 Å². The van der Waals surface area contributed by atoms with Crippen LogP contribution in [0.4, 0.5) is 4.79 Å². The lowest BCUT2D eigenvalue weighted by Crippen LogP contribution is -2.54. The molecule has 1 spiro atoms. The predicted molar refractivity (Wildman–Crippen MR) is 119 cm³/mol. The molecule has 1 N–H and O–H groups in total. The third-order valence-electron chi connectivity index (χ3n) is 6.60. The Hall–Kier alpha value is -2.64. The first-order valence-corrected chi connectivity index (χ1v) is 11.4. The zero-order valence-corrected chi connectivity index (χ0v) is 20.0. The van der Waals surface area contributed by atoms with E-state index in [1.807, 2.05) is 13.8 Å². The number of urea groups is 1. The van der Waals surface area contributed by atoms with Gasteiger partial charge in [0.25, 0.3) is 5.91 Å². The van der Waals surface area contributed by atoms with Gasteiger partial charge in [0.1, 0.15) is 12.1 Å². The fourth-order valence-corrected chi connectivity index (χ4v) is 5.70. The lowest BCUT2D eigenvalue weighted by atomic mass is 9.64. The molecule has 1 aliphatic heterocycles. The zero-order valence-electron chi connectivity index (χ0n) is 20.0. The molecule has 2 fully saturated rings. The van der Waals surface area contributed by atoms with Gasteiger partial charge in [0.2, 0.25) is 5.78 Å². The molecule has 1 aliphatic carbocycles. The summed E-state index contributed by atoms with van der Waals surface area (Å²) in [6, 6.07) is 1.22. The fraction of sp³-hybridized carbons (Fsp3) is 0.667. The van der Waals surface area contributed by atoms with Gasteiger partial charge in [0, 0.05) is 23.5 Å². The summed E-state index contributed by atoms with van der Waals surface area (Å²) in [6.45, 7) is 12.0. The summed E-state index contributed by atoms with van der Waals surface area (Å²) in [5, 5.41) is 2.84. The van der Waals surface area contributed by atoms with Crippen molar-refractivity contribution in [1.29, 1.82) is 0 Å². The first kappa shape index (κ1) is 24.0.